The fourth-order valence-electron chi connectivity index (χ4n) is 1.49. The predicted octanol–water partition coefficient (Wildman–Crippen LogP) is 3.11. The highest BCUT2D eigenvalue weighted by atomic mass is 79.9. The lowest BCUT2D eigenvalue weighted by Crippen LogP contribution is -2.33. The lowest BCUT2D eigenvalue weighted by molar-refractivity contribution is -0.0321. The van der Waals surface area contributed by atoms with Crippen LogP contribution in [0.1, 0.15) is 19.3 Å². The molecule has 0 aromatic heterocycles. The summed E-state index contributed by atoms with van der Waals surface area (Å²) >= 11 is 9.35. The lowest BCUT2D eigenvalue weighted by atomic mass is 10.0. The van der Waals surface area contributed by atoms with Gasteiger partial charge in [0.25, 0.3) is 0 Å². The number of alkyl halides is 2. The van der Waals surface area contributed by atoms with Gasteiger partial charge in [0.15, 0.2) is 0 Å². The van der Waals surface area contributed by atoms with Crippen LogP contribution in [0.5, 0.6) is 0 Å². The van der Waals surface area contributed by atoms with Crippen LogP contribution in [0, 0.1) is 0 Å². The Morgan fingerprint density at radius 2 is 2.17 bits per heavy atom. The molecule has 0 amide bonds. The molecule has 3 atom stereocenters. The molecule has 0 aliphatic carbocycles. The summed E-state index contributed by atoms with van der Waals surface area (Å²) in [5, 5.41) is 0. The van der Waals surface area contributed by atoms with Crippen molar-refractivity contribution in [1.82, 2.24) is 0 Å². The molecular formula is C9H14BrClO. The van der Waals surface area contributed by atoms with Gasteiger partial charge in [0.1, 0.15) is 0 Å². The molecule has 0 saturated carbocycles. The Kier molecular flexibility index (Phi) is 4.62. The van der Waals surface area contributed by atoms with Crippen LogP contribution in [0.3, 0.4) is 0 Å². The van der Waals surface area contributed by atoms with E-state index < -0.39 is 0 Å². The van der Waals surface area contributed by atoms with Gasteiger partial charge in [-0.2, -0.15) is 0 Å². The van der Waals surface area contributed by atoms with Crippen LogP contribution in [-0.2, 0) is 4.74 Å². The van der Waals surface area contributed by atoms with Crippen LogP contribution in [-0.4, -0.2) is 22.9 Å². The topological polar surface area (TPSA) is 9.23 Å². The third-order valence-corrected chi connectivity index (χ3v) is 3.12. The number of halogens is 2. The second-order valence-electron chi connectivity index (χ2n) is 3.13. The Labute approximate surface area is 87.2 Å². The average Bonchev–Trinajstić information content (AvgIpc) is 2.04. The maximum Gasteiger partial charge on any atom is 0.0724 e. The quantitative estimate of drug-likeness (QED) is 0.555. The van der Waals surface area contributed by atoms with E-state index in [-0.39, 0.29) is 6.10 Å². The molecule has 70 valence electrons. The summed E-state index contributed by atoms with van der Waals surface area (Å²) in [5.41, 5.74) is 0. The fourth-order valence-corrected chi connectivity index (χ4v) is 2.52. The largest absolute Gasteiger partial charge is 0.373 e. The highest BCUT2D eigenvalue weighted by Crippen LogP contribution is 2.27. The van der Waals surface area contributed by atoms with Crippen molar-refractivity contribution in [3.05, 3.63) is 12.7 Å². The normalized spacial score (nSPS) is 36.3. The minimum atomic E-state index is 0.217. The molecule has 12 heavy (non-hydrogen) atoms. The first-order valence-electron chi connectivity index (χ1n) is 4.22. The summed E-state index contributed by atoms with van der Waals surface area (Å²) in [6.07, 6.45) is 5.45. The van der Waals surface area contributed by atoms with Crippen molar-refractivity contribution in [2.45, 2.75) is 36.3 Å². The predicted molar refractivity (Wildman–Crippen MR) is 56.1 cm³/mol. The van der Waals surface area contributed by atoms with Crippen molar-refractivity contribution in [3.8, 4) is 0 Å². The maximum absolute atomic E-state index is 5.74. The molecule has 0 spiro atoms. The van der Waals surface area contributed by atoms with E-state index in [9.17, 15) is 0 Å². The van der Waals surface area contributed by atoms with Gasteiger partial charge in [0.2, 0.25) is 0 Å². The van der Waals surface area contributed by atoms with Crippen LogP contribution in [0.2, 0.25) is 0 Å². The minimum Gasteiger partial charge on any atom is -0.373 e. The van der Waals surface area contributed by atoms with Crippen molar-refractivity contribution in [3.63, 3.8) is 0 Å². The molecule has 0 N–H and O–H groups in total. The Bertz CT molecular complexity index is 151. The number of hydrogen-bond acceptors (Lipinski definition) is 1. The van der Waals surface area contributed by atoms with Gasteiger partial charge in [-0.1, -0.05) is 22.0 Å². The molecule has 1 nitrogen and oxygen atoms in total. The molecular weight excluding hydrogens is 239 g/mol. The van der Waals surface area contributed by atoms with Crippen LogP contribution >= 0.6 is 27.5 Å². The Balaban J connectivity index is 2.39. The van der Waals surface area contributed by atoms with Gasteiger partial charge in [0.05, 0.1) is 12.2 Å². The molecule has 0 unspecified atom stereocenters. The number of hydrogen-bond donors (Lipinski definition) is 0. The van der Waals surface area contributed by atoms with E-state index in [1.807, 2.05) is 6.08 Å². The van der Waals surface area contributed by atoms with Crippen molar-refractivity contribution in [2.24, 2.45) is 0 Å². The van der Waals surface area contributed by atoms with Gasteiger partial charge in [0, 0.05) is 10.7 Å². The SMILES string of the molecule is C=CC[C@@H]1C[C@@H](Br)C[C@H](CCl)O1. The zero-order chi connectivity index (χ0) is 8.97. The van der Waals surface area contributed by atoms with Crippen LogP contribution in [0.4, 0.5) is 0 Å². The van der Waals surface area contributed by atoms with E-state index in [1.165, 1.54) is 0 Å². The molecule has 0 bridgehead atoms. The second-order valence-corrected chi connectivity index (χ2v) is 4.73. The molecule has 1 fully saturated rings. The summed E-state index contributed by atoms with van der Waals surface area (Å²) in [4.78, 5) is 0.556. The second kappa shape index (κ2) is 5.25. The van der Waals surface area contributed by atoms with Gasteiger partial charge in [-0.25, -0.2) is 0 Å². The van der Waals surface area contributed by atoms with E-state index in [0.29, 0.717) is 16.8 Å². The number of ether oxygens (including phenoxy) is 1. The molecule has 1 heterocycles. The highest BCUT2D eigenvalue weighted by Gasteiger charge is 2.26. The molecule has 0 aromatic carbocycles. The third-order valence-electron chi connectivity index (χ3n) is 2.02. The minimum absolute atomic E-state index is 0.217. The molecule has 1 aliphatic heterocycles. The third kappa shape index (κ3) is 3.08. The first kappa shape index (κ1) is 10.6. The Hall–Kier alpha value is 0.470. The summed E-state index contributed by atoms with van der Waals surface area (Å²) in [6.45, 7) is 3.70. The van der Waals surface area contributed by atoms with E-state index in [1.54, 1.807) is 0 Å². The summed E-state index contributed by atoms with van der Waals surface area (Å²) in [7, 11) is 0. The van der Waals surface area contributed by atoms with Gasteiger partial charge in [-0.3, -0.25) is 0 Å². The van der Waals surface area contributed by atoms with E-state index in [2.05, 4.69) is 22.5 Å². The van der Waals surface area contributed by atoms with Crippen LogP contribution < -0.4 is 0 Å². The van der Waals surface area contributed by atoms with E-state index in [4.69, 9.17) is 16.3 Å². The number of rotatable bonds is 3. The van der Waals surface area contributed by atoms with E-state index in [0.717, 1.165) is 19.3 Å². The first-order chi connectivity index (χ1) is 5.76. The van der Waals surface area contributed by atoms with E-state index >= 15 is 0 Å². The zero-order valence-electron chi connectivity index (χ0n) is 7.01. The van der Waals surface area contributed by atoms with Gasteiger partial charge in [-0.15, -0.1) is 18.2 Å². The van der Waals surface area contributed by atoms with Crippen molar-refractivity contribution in [2.75, 3.05) is 5.88 Å². The molecule has 1 saturated heterocycles. The van der Waals surface area contributed by atoms with Crippen molar-refractivity contribution >= 4 is 27.5 Å². The summed E-state index contributed by atoms with van der Waals surface area (Å²) in [6, 6.07) is 0. The molecule has 0 radical (unpaired) electrons. The van der Waals surface area contributed by atoms with Crippen molar-refractivity contribution < 1.29 is 4.74 Å². The van der Waals surface area contributed by atoms with Gasteiger partial charge < -0.3 is 4.74 Å². The fraction of sp³-hybridized carbons (Fsp3) is 0.778. The van der Waals surface area contributed by atoms with Gasteiger partial charge in [-0.05, 0) is 19.3 Å². The Morgan fingerprint density at radius 3 is 2.75 bits per heavy atom. The van der Waals surface area contributed by atoms with Crippen LogP contribution in [0.15, 0.2) is 12.7 Å². The Morgan fingerprint density at radius 1 is 1.50 bits per heavy atom. The standard InChI is InChI=1S/C9H14BrClO/c1-2-3-8-4-7(10)5-9(6-11)12-8/h2,7-9H,1,3-6H2/t7-,8-,9-/m1/s1. The monoisotopic (exact) mass is 252 g/mol. The molecule has 1 aliphatic rings. The van der Waals surface area contributed by atoms with Crippen LogP contribution in [0.25, 0.3) is 0 Å². The van der Waals surface area contributed by atoms with Gasteiger partial charge >= 0.3 is 0 Å². The summed E-state index contributed by atoms with van der Waals surface area (Å²) in [5.74, 6) is 0.593. The maximum atomic E-state index is 5.74. The first-order valence-corrected chi connectivity index (χ1v) is 5.67. The smallest absolute Gasteiger partial charge is 0.0724 e. The molecule has 3 heteroatoms. The summed E-state index contributed by atoms with van der Waals surface area (Å²) < 4.78 is 5.71. The molecule has 0 aromatic rings. The lowest BCUT2D eigenvalue weighted by Gasteiger charge is -2.31. The highest BCUT2D eigenvalue weighted by molar-refractivity contribution is 9.09. The average molecular weight is 254 g/mol. The van der Waals surface area contributed by atoms with Crippen molar-refractivity contribution in [1.29, 1.82) is 0 Å². The molecule has 1 rings (SSSR count). The zero-order valence-corrected chi connectivity index (χ0v) is 9.35.